The molecule has 1 saturated heterocycles. The van der Waals surface area contributed by atoms with E-state index in [1.54, 1.807) is 4.90 Å². The highest BCUT2D eigenvalue weighted by Crippen LogP contribution is 2.43. The summed E-state index contributed by atoms with van der Waals surface area (Å²) in [6.07, 6.45) is 5.32. The fourth-order valence-electron chi connectivity index (χ4n) is 3.65. The summed E-state index contributed by atoms with van der Waals surface area (Å²) >= 11 is 5.97. The molecule has 1 aliphatic carbocycles. The number of piperidine rings is 1. The second-order valence-electron chi connectivity index (χ2n) is 7.57. The van der Waals surface area contributed by atoms with Gasteiger partial charge in [-0.2, -0.15) is 0 Å². The number of halogens is 1. The Morgan fingerprint density at radius 2 is 2.04 bits per heavy atom. The quantitative estimate of drug-likeness (QED) is 0.888. The molecule has 3 rings (SSSR count). The van der Waals surface area contributed by atoms with Gasteiger partial charge in [-0.15, -0.1) is 0 Å². The van der Waals surface area contributed by atoms with Crippen LogP contribution in [0.4, 0.5) is 4.79 Å². The van der Waals surface area contributed by atoms with Gasteiger partial charge in [-0.3, -0.25) is 14.7 Å². The molecule has 1 saturated carbocycles. The Hall–Kier alpha value is -1.89. The number of carbonyl (C=O) groups excluding carboxylic acids is 2. The van der Waals surface area contributed by atoms with Crippen molar-refractivity contribution in [1.82, 2.24) is 20.2 Å². The molecule has 2 amide bonds. The van der Waals surface area contributed by atoms with Crippen LogP contribution >= 0.6 is 11.6 Å². The minimum absolute atomic E-state index is 0.0794. The lowest BCUT2D eigenvalue weighted by Gasteiger charge is -2.35. The van der Waals surface area contributed by atoms with E-state index in [0.717, 1.165) is 19.3 Å². The van der Waals surface area contributed by atoms with E-state index in [4.69, 9.17) is 16.3 Å². The van der Waals surface area contributed by atoms with Gasteiger partial charge in [0.25, 0.3) is 0 Å². The summed E-state index contributed by atoms with van der Waals surface area (Å²) in [7, 11) is 0. The summed E-state index contributed by atoms with van der Waals surface area (Å²) in [4.78, 5) is 35.0. The van der Waals surface area contributed by atoms with Crippen molar-refractivity contribution in [2.45, 2.75) is 64.3 Å². The monoisotopic (exact) mass is 366 g/mol. The Morgan fingerprint density at radius 3 is 2.72 bits per heavy atom. The summed E-state index contributed by atoms with van der Waals surface area (Å²) in [5.74, 6) is -0.0189. The number of rotatable bonds is 3. The van der Waals surface area contributed by atoms with E-state index in [0.29, 0.717) is 5.69 Å². The molecule has 1 aromatic heterocycles. The van der Waals surface area contributed by atoms with Gasteiger partial charge in [-0.05, 0) is 46.0 Å². The summed E-state index contributed by atoms with van der Waals surface area (Å²) in [5.41, 5.74) is -0.0860. The molecule has 25 heavy (non-hydrogen) atoms. The zero-order valence-corrected chi connectivity index (χ0v) is 15.4. The van der Waals surface area contributed by atoms with Crippen molar-refractivity contribution >= 4 is 23.6 Å². The van der Waals surface area contributed by atoms with Crippen LogP contribution < -0.4 is 5.32 Å². The van der Waals surface area contributed by atoms with Crippen LogP contribution in [0.2, 0.25) is 5.15 Å². The summed E-state index contributed by atoms with van der Waals surface area (Å²) in [5, 5.41) is 3.10. The fraction of sp³-hybridized carbons (Fsp3) is 0.647. The first-order valence-electron chi connectivity index (χ1n) is 8.50. The Morgan fingerprint density at radius 1 is 1.32 bits per heavy atom. The van der Waals surface area contributed by atoms with Crippen LogP contribution in [0, 0.1) is 5.92 Å². The molecule has 136 valence electrons. The van der Waals surface area contributed by atoms with Crippen LogP contribution in [0.3, 0.4) is 0 Å². The molecule has 0 spiro atoms. The number of likely N-dealkylation sites (tertiary alicyclic amines) is 1. The summed E-state index contributed by atoms with van der Waals surface area (Å²) in [6, 6.07) is -0.417. The molecule has 3 atom stereocenters. The molecule has 7 nitrogen and oxygen atoms in total. The smallest absolute Gasteiger partial charge is 0.411 e. The Bertz CT molecular complexity index is 676. The third kappa shape index (κ3) is 3.86. The van der Waals surface area contributed by atoms with Gasteiger partial charge in [0, 0.05) is 18.4 Å². The highest BCUT2D eigenvalue weighted by Gasteiger charge is 2.52. The van der Waals surface area contributed by atoms with E-state index in [1.165, 1.54) is 12.4 Å². The first-order valence-corrected chi connectivity index (χ1v) is 8.88. The summed E-state index contributed by atoms with van der Waals surface area (Å²) < 4.78 is 5.50. The molecular formula is C17H23ClN4O3. The number of amides is 2. The fourth-order valence-corrected chi connectivity index (χ4v) is 3.82. The topological polar surface area (TPSA) is 84.4 Å². The lowest BCUT2D eigenvalue weighted by molar-refractivity contribution is -0.128. The van der Waals surface area contributed by atoms with Crippen molar-refractivity contribution in [2.24, 2.45) is 5.92 Å². The van der Waals surface area contributed by atoms with E-state index in [-0.39, 0.29) is 29.6 Å². The van der Waals surface area contributed by atoms with Gasteiger partial charge < -0.3 is 10.1 Å². The Labute approximate surface area is 152 Å². The van der Waals surface area contributed by atoms with Gasteiger partial charge in [0.05, 0.1) is 12.2 Å². The SMILES string of the molecule is CC(C)(C)OC(=O)N1[C@@H]2CC[C@@H](C2)[C@@H]1C(=O)NCc1nccnc1Cl. The van der Waals surface area contributed by atoms with Crippen molar-refractivity contribution < 1.29 is 14.3 Å². The molecule has 0 aromatic carbocycles. The molecule has 1 aromatic rings. The van der Waals surface area contributed by atoms with Crippen LogP contribution in [-0.2, 0) is 16.1 Å². The van der Waals surface area contributed by atoms with Crippen molar-refractivity contribution in [3.8, 4) is 0 Å². The maximum atomic E-state index is 12.7. The standard InChI is InChI=1S/C17H23ClN4O3/c1-17(2,3)25-16(24)22-11-5-4-10(8-11)13(22)15(23)21-9-12-14(18)20-7-6-19-12/h6-7,10-11,13H,4-5,8-9H2,1-3H3,(H,21,23)/t10-,11+,13+/m0/s1. The van der Waals surface area contributed by atoms with Crippen LogP contribution in [0.5, 0.6) is 0 Å². The van der Waals surface area contributed by atoms with Crippen molar-refractivity contribution in [1.29, 1.82) is 0 Å². The van der Waals surface area contributed by atoms with E-state index in [1.807, 2.05) is 20.8 Å². The number of nitrogens with one attached hydrogen (secondary N) is 1. The third-order valence-electron chi connectivity index (χ3n) is 4.61. The second-order valence-corrected chi connectivity index (χ2v) is 7.93. The molecule has 2 fully saturated rings. The number of hydrogen-bond acceptors (Lipinski definition) is 5. The number of fused-ring (bicyclic) bond motifs is 2. The van der Waals surface area contributed by atoms with Crippen LogP contribution in [0.15, 0.2) is 12.4 Å². The lowest BCUT2D eigenvalue weighted by atomic mass is 9.98. The van der Waals surface area contributed by atoms with E-state index in [2.05, 4.69) is 15.3 Å². The van der Waals surface area contributed by atoms with Crippen molar-refractivity contribution in [3.63, 3.8) is 0 Å². The zero-order chi connectivity index (χ0) is 18.2. The Balaban J connectivity index is 1.69. The number of carbonyl (C=O) groups is 2. The molecule has 1 N–H and O–H groups in total. The number of hydrogen-bond donors (Lipinski definition) is 1. The highest BCUT2D eigenvalue weighted by molar-refractivity contribution is 6.29. The molecule has 2 heterocycles. The lowest BCUT2D eigenvalue weighted by Crippen LogP contribution is -2.53. The van der Waals surface area contributed by atoms with Gasteiger partial charge in [0.15, 0.2) is 5.15 Å². The number of nitrogens with zero attached hydrogens (tertiary/aromatic N) is 3. The molecule has 0 radical (unpaired) electrons. The van der Waals surface area contributed by atoms with Crippen LogP contribution in [0.1, 0.15) is 45.7 Å². The Kier molecular flexibility index (Phi) is 4.86. The van der Waals surface area contributed by atoms with E-state index in [9.17, 15) is 9.59 Å². The highest BCUT2D eigenvalue weighted by atomic mass is 35.5. The van der Waals surface area contributed by atoms with E-state index >= 15 is 0 Å². The maximum absolute atomic E-state index is 12.7. The van der Waals surface area contributed by atoms with E-state index < -0.39 is 17.7 Å². The minimum Gasteiger partial charge on any atom is -0.444 e. The average Bonchev–Trinajstić information content (AvgIpc) is 3.13. The average molecular weight is 367 g/mol. The summed E-state index contributed by atoms with van der Waals surface area (Å²) in [6.45, 7) is 5.65. The zero-order valence-electron chi connectivity index (χ0n) is 14.7. The first kappa shape index (κ1) is 17.9. The molecule has 1 aliphatic heterocycles. The molecule has 0 unspecified atom stereocenters. The third-order valence-corrected chi connectivity index (χ3v) is 4.93. The molecular weight excluding hydrogens is 344 g/mol. The van der Waals surface area contributed by atoms with Gasteiger partial charge in [-0.25, -0.2) is 9.78 Å². The van der Waals surface area contributed by atoms with Crippen molar-refractivity contribution in [2.75, 3.05) is 0 Å². The van der Waals surface area contributed by atoms with Crippen LogP contribution in [-0.4, -0.2) is 44.6 Å². The molecule has 2 bridgehead atoms. The predicted octanol–water partition coefficient (Wildman–Crippen LogP) is 2.53. The predicted molar refractivity (Wildman–Crippen MR) is 91.9 cm³/mol. The molecule has 8 heteroatoms. The van der Waals surface area contributed by atoms with Gasteiger partial charge in [0.1, 0.15) is 11.6 Å². The van der Waals surface area contributed by atoms with Crippen LogP contribution in [0.25, 0.3) is 0 Å². The maximum Gasteiger partial charge on any atom is 0.411 e. The largest absolute Gasteiger partial charge is 0.444 e. The first-order chi connectivity index (χ1) is 11.8. The van der Waals surface area contributed by atoms with Gasteiger partial charge >= 0.3 is 6.09 Å². The van der Waals surface area contributed by atoms with Crippen molar-refractivity contribution in [3.05, 3.63) is 23.2 Å². The normalized spacial score (nSPS) is 25.1. The van der Waals surface area contributed by atoms with Gasteiger partial charge in [-0.1, -0.05) is 11.6 Å². The van der Waals surface area contributed by atoms with Gasteiger partial charge in [0.2, 0.25) is 5.91 Å². The molecule has 2 aliphatic rings. The second kappa shape index (κ2) is 6.78. The number of ether oxygens (including phenoxy) is 1. The number of aromatic nitrogens is 2. The minimum atomic E-state index is -0.590.